The number of benzene rings is 4. The summed E-state index contributed by atoms with van der Waals surface area (Å²) in [5.74, 6) is -1.23. The van der Waals surface area contributed by atoms with Crippen LogP contribution in [0.1, 0.15) is 37.4 Å². The van der Waals surface area contributed by atoms with Crippen molar-refractivity contribution in [1.82, 2.24) is 5.32 Å². The molecule has 7 heteroatoms. The maximum atomic E-state index is 13.3. The summed E-state index contributed by atoms with van der Waals surface area (Å²) < 4.78 is 0. The van der Waals surface area contributed by atoms with E-state index in [-0.39, 0.29) is 11.5 Å². The lowest BCUT2D eigenvalue weighted by atomic mass is 10.1. The van der Waals surface area contributed by atoms with Crippen LogP contribution in [0.4, 0.5) is 5.69 Å². The Labute approximate surface area is 236 Å². The molecule has 5 nitrogen and oxygen atoms in total. The molecule has 0 aliphatic rings. The molecule has 4 rings (SSSR count). The van der Waals surface area contributed by atoms with Crippen LogP contribution in [0.15, 0.2) is 109 Å². The zero-order chi connectivity index (χ0) is 27.8. The summed E-state index contributed by atoms with van der Waals surface area (Å²) in [7, 11) is 0. The number of carbonyl (C=O) groups is 3. The minimum absolute atomic E-state index is 0.0555. The fraction of sp³-hybridized carbons (Fsp3) is 0.0312. The summed E-state index contributed by atoms with van der Waals surface area (Å²) in [6.07, 6.45) is 4.68. The SMILES string of the molecule is Cc1ccc(/C=C/C(=O)c2ccc(NC(=O)/C(=C/c3c(Cl)cccc3Cl)NC(=O)c3ccccc3)cc2)cc1. The highest BCUT2D eigenvalue weighted by molar-refractivity contribution is 6.37. The first-order chi connectivity index (χ1) is 18.8. The number of carbonyl (C=O) groups excluding carboxylic acids is 3. The number of amides is 2. The van der Waals surface area contributed by atoms with Gasteiger partial charge < -0.3 is 10.6 Å². The maximum absolute atomic E-state index is 13.3. The average molecular weight is 555 g/mol. The molecule has 194 valence electrons. The van der Waals surface area contributed by atoms with E-state index in [9.17, 15) is 14.4 Å². The first-order valence-corrected chi connectivity index (χ1v) is 12.8. The quantitative estimate of drug-likeness (QED) is 0.174. The molecule has 0 saturated carbocycles. The van der Waals surface area contributed by atoms with Gasteiger partial charge in [0.15, 0.2) is 5.78 Å². The Morgan fingerprint density at radius 3 is 2.00 bits per heavy atom. The molecule has 0 atom stereocenters. The lowest BCUT2D eigenvalue weighted by Gasteiger charge is -2.12. The largest absolute Gasteiger partial charge is 0.321 e. The van der Waals surface area contributed by atoms with Crippen LogP contribution < -0.4 is 10.6 Å². The van der Waals surface area contributed by atoms with E-state index < -0.39 is 11.8 Å². The molecule has 2 amide bonds. The van der Waals surface area contributed by atoms with Gasteiger partial charge in [-0.1, -0.05) is 83.4 Å². The third-order valence-corrected chi connectivity index (χ3v) is 6.41. The molecular formula is C32H24Cl2N2O3. The summed E-state index contributed by atoms with van der Waals surface area (Å²) >= 11 is 12.6. The fourth-order valence-corrected chi connectivity index (χ4v) is 4.10. The number of rotatable bonds is 8. The van der Waals surface area contributed by atoms with Crippen molar-refractivity contribution in [3.05, 3.63) is 147 Å². The summed E-state index contributed by atoms with van der Waals surface area (Å²) in [5, 5.41) is 6.05. The zero-order valence-corrected chi connectivity index (χ0v) is 22.5. The smallest absolute Gasteiger partial charge is 0.272 e. The van der Waals surface area contributed by atoms with Crippen molar-refractivity contribution >= 4 is 58.6 Å². The first kappa shape index (κ1) is 27.6. The number of halogens is 2. The Morgan fingerprint density at radius 1 is 0.718 bits per heavy atom. The van der Waals surface area contributed by atoms with Crippen molar-refractivity contribution in [2.45, 2.75) is 6.92 Å². The Balaban J connectivity index is 1.52. The van der Waals surface area contributed by atoms with Crippen LogP contribution in [0.2, 0.25) is 10.0 Å². The van der Waals surface area contributed by atoms with E-state index in [2.05, 4.69) is 10.6 Å². The molecule has 0 radical (unpaired) electrons. The number of allylic oxidation sites excluding steroid dienone is 1. The molecule has 4 aromatic carbocycles. The standard InChI is InChI=1S/C32H24Cl2N2O3/c1-21-10-12-22(13-11-21)14-19-30(37)23-15-17-25(18-16-23)35-32(39)29(20-26-27(33)8-5-9-28(26)34)36-31(38)24-6-3-2-4-7-24/h2-20H,1H3,(H,35,39)(H,36,38)/b19-14+,29-20-. The Kier molecular flexibility index (Phi) is 9.10. The van der Waals surface area contributed by atoms with E-state index in [1.165, 1.54) is 12.2 Å². The maximum Gasteiger partial charge on any atom is 0.272 e. The van der Waals surface area contributed by atoms with Crippen LogP contribution in [0, 0.1) is 6.92 Å². The lowest BCUT2D eigenvalue weighted by Crippen LogP contribution is -2.30. The van der Waals surface area contributed by atoms with Gasteiger partial charge in [-0.3, -0.25) is 14.4 Å². The molecule has 4 aromatic rings. The van der Waals surface area contributed by atoms with E-state index in [0.29, 0.717) is 32.4 Å². The highest BCUT2D eigenvalue weighted by Crippen LogP contribution is 2.27. The van der Waals surface area contributed by atoms with E-state index >= 15 is 0 Å². The molecule has 39 heavy (non-hydrogen) atoms. The predicted molar refractivity (Wildman–Crippen MR) is 158 cm³/mol. The molecule has 0 heterocycles. The summed E-state index contributed by atoms with van der Waals surface area (Å²) in [6.45, 7) is 2.00. The number of aryl methyl sites for hydroxylation is 1. The number of hydrogen-bond donors (Lipinski definition) is 2. The Morgan fingerprint density at radius 2 is 1.36 bits per heavy atom. The highest BCUT2D eigenvalue weighted by atomic mass is 35.5. The Hall–Kier alpha value is -4.45. The van der Waals surface area contributed by atoms with Crippen molar-refractivity contribution in [1.29, 1.82) is 0 Å². The number of ketones is 1. The van der Waals surface area contributed by atoms with Crippen molar-refractivity contribution < 1.29 is 14.4 Å². The molecule has 0 aliphatic heterocycles. The molecule has 2 N–H and O–H groups in total. The van der Waals surface area contributed by atoms with E-state index in [1.807, 2.05) is 31.2 Å². The van der Waals surface area contributed by atoms with Gasteiger partial charge in [0.25, 0.3) is 11.8 Å². The van der Waals surface area contributed by atoms with Crippen LogP contribution in [-0.4, -0.2) is 17.6 Å². The van der Waals surface area contributed by atoms with Crippen molar-refractivity contribution in [3.63, 3.8) is 0 Å². The molecule has 0 spiro atoms. The molecule has 0 fully saturated rings. The number of nitrogens with one attached hydrogen (secondary N) is 2. The van der Waals surface area contributed by atoms with Crippen LogP contribution >= 0.6 is 23.2 Å². The second-order valence-electron chi connectivity index (χ2n) is 8.65. The van der Waals surface area contributed by atoms with Crippen LogP contribution in [-0.2, 0) is 4.79 Å². The lowest BCUT2D eigenvalue weighted by molar-refractivity contribution is -0.113. The van der Waals surface area contributed by atoms with Gasteiger partial charge >= 0.3 is 0 Å². The summed E-state index contributed by atoms with van der Waals surface area (Å²) in [4.78, 5) is 38.7. The van der Waals surface area contributed by atoms with Crippen molar-refractivity contribution in [3.8, 4) is 0 Å². The van der Waals surface area contributed by atoms with Gasteiger partial charge in [-0.25, -0.2) is 0 Å². The molecule has 0 aliphatic carbocycles. The average Bonchev–Trinajstić information content (AvgIpc) is 2.94. The van der Waals surface area contributed by atoms with Gasteiger partial charge in [0, 0.05) is 32.4 Å². The monoisotopic (exact) mass is 554 g/mol. The molecule has 0 unspecified atom stereocenters. The zero-order valence-electron chi connectivity index (χ0n) is 21.0. The van der Waals surface area contributed by atoms with Gasteiger partial charge in [-0.2, -0.15) is 0 Å². The van der Waals surface area contributed by atoms with E-state index in [0.717, 1.165) is 11.1 Å². The summed E-state index contributed by atoms with van der Waals surface area (Å²) in [5.41, 5.74) is 3.68. The first-order valence-electron chi connectivity index (χ1n) is 12.0. The number of hydrogen-bond acceptors (Lipinski definition) is 3. The van der Waals surface area contributed by atoms with Gasteiger partial charge in [0.2, 0.25) is 0 Å². The minimum Gasteiger partial charge on any atom is -0.321 e. The third-order valence-electron chi connectivity index (χ3n) is 5.75. The van der Waals surface area contributed by atoms with E-state index in [1.54, 1.807) is 78.9 Å². The molecular weight excluding hydrogens is 531 g/mol. The van der Waals surface area contributed by atoms with Crippen molar-refractivity contribution in [2.24, 2.45) is 0 Å². The molecule has 0 saturated heterocycles. The van der Waals surface area contributed by atoms with Gasteiger partial charge in [0.05, 0.1) is 0 Å². The highest BCUT2D eigenvalue weighted by Gasteiger charge is 2.17. The topological polar surface area (TPSA) is 75.3 Å². The van der Waals surface area contributed by atoms with Gasteiger partial charge in [-0.05, 0) is 73.2 Å². The normalized spacial score (nSPS) is 11.3. The van der Waals surface area contributed by atoms with Gasteiger partial charge in [0.1, 0.15) is 5.70 Å². The summed E-state index contributed by atoms with van der Waals surface area (Å²) in [6, 6.07) is 27.8. The third kappa shape index (κ3) is 7.54. The fourth-order valence-electron chi connectivity index (χ4n) is 3.60. The van der Waals surface area contributed by atoms with Gasteiger partial charge in [-0.15, -0.1) is 0 Å². The molecule has 0 aromatic heterocycles. The van der Waals surface area contributed by atoms with Crippen LogP contribution in [0.3, 0.4) is 0 Å². The minimum atomic E-state index is -0.589. The van der Waals surface area contributed by atoms with Crippen LogP contribution in [0.5, 0.6) is 0 Å². The van der Waals surface area contributed by atoms with E-state index in [4.69, 9.17) is 23.2 Å². The predicted octanol–water partition coefficient (Wildman–Crippen LogP) is 7.61. The van der Waals surface area contributed by atoms with Crippen LogP contribution in [0.25, 0.3) is 12.2 Å². The van der Waals surface area contributed by atoms with Crippen molar-refractivity contribution in [2.75, 3.05) is 5.32 Å². The second-order valence-corrected chi connectivity index (χ2v) is 9.47. The molecule has 0 bridgehead atoms. The number of anilines is 1. The second kappa shape index (κ2) is 12.9. The Bertz CT molecular complexity index is 1540.